The van der Waals surface area contributed by atoms with Gasteiger partial charge in [-0.05, 0) is 35.7 Å². The fraction of sp³-hybridized carbons (Fsp3) is 0.125. The van der Waals surface area contributed by atoms with E-state index in [0.717, 1.165) is 0 Å². The van der Waals surface area contributed by atoms with Gasteiger partial charge in [0.1, 0.15) is 5.75 Å². The summed E-state index contributed by atoms with van der Waals surface area (Å²) in [6.07, 6.45) is 0.0249. The van der Waals surface area contributed by atoms with Crippen LogP contribution in [0.3, 0.4) is 0 Å². The van der Waals surface area contributed by atoms with Gasteiger partial charge in [0.2, 0.25) is 0 Å². The van der Waals surface area contributed by atoms with Crippen molar-refractivity contribution in [2.24, 2.45) is 5.11 Å². The van der Waals surface area contributed by atoms with E-state index in [1.54, 1.807) is 42.5 Å². The number of benzene rings is 2. The monoisotopic (exact) mass is 311 g/mol. The highest BCUT2D eigenvalue weighted by Gasteiger charge is 2.15. The first-order valence-corrected chi connectivity index (χ1v) is 6.78. The number of carbonyl (C=O) groups excluding carboxylic acids is 1. The molecule has 7 nitrogen and oxygen atoms in total. The zero-order valence-electron chi connectivity index (χ0n) is 12.0. The highest BCUT2D eigenvalue weighted by molar-refractivity contribution is 5.91. The van der Waals surface area contributed by atoms with Crippen molar-refractivity contribution in [1.29, 1.82) is 0 Å². The van der Waals surface area contributed by atoms with E-state index in [9.17, 15) is 9.59 Å². The van der Waals surface area contributed by atoms with Crippen molar-refractivity contribution in [3.05, 3.63) is 70.1 Å². The topological polar surface area (TPSA) is 112 Å². The molecule has 0 atom stereocenters. The molecule has 0 aromatic heterocycles. The summed E-state index contributed by atoms with van der Waals surface area (Å²) in [6, 6.07) is 13.1. The Morgan fingerprint density at radius 1 is 1.13 bits per heavy atom. The smallest absolute Gasteiger partial charge is 0.343 e. The fourth-order valence-electron chi connectivity index (χ4n) is 1.98. The molecule has 116 valence electrons. The summed E-state index contributed by atoms with van der Waals surface area (Å²) in [6.45, 7) is 0. The summed E-state index contributed by atoms with van der Waals surface area (Å²) in [5.41, 5.74) is 9.59. The number of carboxylic acids is 1. The van der Waals surface area contributed by atoms with Crippen LogP contribution in [0.2, 0.25) is 0 Å². The number of nitrogens with zero attached hydrogens (tertiary/aromatic N) is 3. The maximum absolute atomic E-state index is 12.2. The van der Waals surface area contributed by atoms with Crippen LogP contribution in [0.25, 0.3) is 10.4 Å². The average Bonchev–Trinajstić information content (AvgIpc) is 2.56. The van der Waals surface area contributed by atoms with Crippen LogP contribution in [0.15, 0.2) is 53.6 Å². The Balaban J connectivity index is 2.35. The van der Waals surface area contributed by atoms with Gasteiger partial charge in [-0.1, -0.05) is 35.4 Å². The van der Waals surface area contributed by atoms with Gasteiger partial charge < -0.3 is 9.84 Å². The number of azide groups is 1. The predicted octanol–water partition coefficient (Wildman–Crippen LogP) is 3.86. The van der Waals surface area contributed by atoms with E-state index >= 15 is 0 Å². The number of rotatable bonds is 6. The number of carbonyl (C=O) groups is 2. The van der Waals surface area contributed by atoms with Gasteiger partial charge in [-0.3, -0.25) is 4.79 Å². The van der Waals surface area contributed by atoms with Gasteiger partial charge in [-0.25, -0.2) is 4.79 Å². The van der Waals surface area contributed by atoms with Gasteiger partial charge in [-0.15, -0.1) is 0 Å². The van der Waals surface area contributed by atoms with Crippen LogP contribution in [0, 0.1) is 0 Å². The second-order valence-electron chi connectivity index (χ2n) is 4.60. The molecule has 0 heterocycles. The molecule has 0 aliphatic carbocycles. The standard InChI is InChI=1S/C16H13N3O4/c17-19-18-13-8-4-7-11(9-10-14(20)21)15(13)23-16(22)12-5-2-1-3-6-12/h1-8H,9-10H2,(H,20,21). The Kier molecular flexibility index (Phi) is 5.33. The minimum atomic E-state index is -0.973. The van der Waals surface area contributed by atoms with Crippen LogP contribution in [-0.4, -0.2) is 17.0 Å². The molecule has 0 saturated heterocycles. The molecule has 2 aromatic carbocycles. The number of hydrogen-bond acceptors (Lipinski definition) is 4. The Morgan fingerprint density at radius 2 is 1.87 bits per heavy atom. The van der Waals surface area contributed by atoms with Crippen molar-refractivity contribution >= 4 is 17.6 Å². The van der Waals surface area contributed by atoms with Crippen LogP contribution in [-0.2, 0) is 11.2 Å². The number of aliphatic carboxylic acids is 1. The maximum Gasteiger partial charge on any atom is 0.343 e. The summed E-state index contributed by atoms with van der Waals surface area (Å²) in [5.74, 6) is -1.50. The van der Waals surface area contributed by atoms with E-state index in [1.165, 1.54) is 6.07 Å². The summed E-state index contributed by atoms with van der Waals surface area (Å²) >= 11 is 0. The largest absolute Gasteiger partial charge is 0.481 e. The lowest BCUT2D eigenvalue weighted by molar-refractivity contribution is -0.136. The van der Waals surface area contributed by atoms with Crippen molar-refractivity contribution in [2.75, 3.05) is 0 Å². The third kappa shape index (κ3) is 4.33. The van der Waals surface area contributed by atoms with Crippen molar-refractivity contribution in [1.82, 2.24) is 0 Å². The zero-order chi connectivity index (χ0) is 16.7. The Morgan fingerprint density at radius 3 is 2.52 bits per heavy atom. The van der Waals surface area contributed by atoms with Gasteiger partial charge in [-0.2, -0.15) is 0 Å². The van der Waals surface area contributed by atoms with Crippen molar-refractivity contribution < 1.29 is 19.4 Å². The summed E-state index contributed by atoms with van der Waals surface area (Å²) in [4.78, 5) is 25.6. The fourth-order valence-corrected chi connectivity index (χ4v) is 1.98. The van der Waals surface area contributed by atoms with E-state index in [4.69, 9.17) is 15.4 Å². The van der Waals surface area contributed by atoms with Gasteiger partial charge >= 0.3 is 11.9 Å². The van der Waals surface area contributed by atoms with E-state index in [-0.39, 0.29) is 24.3 Å². The van der Waals surface area contributed by atoms with Crippen LogP contribution in [0.1, 0.15) is 22.3 Å². The first-order chi connectivity index (χ1) is 11.1. The number of ether oxygens (including phenoxy) is 1. The van der Waals surface area contributed by atoms with Crippen molar-refractivity contribution in [3.63, 3.8) is 0 Å². The molecule has 0 spiro atoms. The molecule has 0 amide bonds. The zero-order valence-corrected chi connectivity index (χ0v) is 12.0. The Bertz CT molecular complexity index is 768. The van der Waals surface area contributed by atoms with E-state index in [1.807, 2.05) is 0 Å². The van der Waals surface area contributed by atoms with Crippen LogP contribution in [0.5, 0.6) is 5.75 Å². The summed E-state index contributed by atoms with van der Waals surface area (Å²) < 4.78 is 5.35. The number of hydrogen-bond donors (Lipinski definition) is 1. The number of aryl methyl sites for hydroxylation is 1. The van der Waals surface area contributed by atoms with Crippen LogP contribution < -0.4 is 4.74 Å². The minimum Gasteiger partial charge on any atom is -0.481 e. The number of carboxylic acid groups (broad SMARTS) is 1. The van der Waals surface area contributed by atoms with Crippen LogP contribution >= 0.6 is 0 Å². The van der Waals surface area contributed by atoms with Crippen molar-refractivity contribution in [2.45, 2.75) is 12.8 Å². The molecule has 23 heavy (non-hydrogen) atoms. The molecule has 0 saturated carbocycles. The molecule has 0 unspecified atom stereocenters. The van der Waals surface area contributed by atoms with Gasteiger partial charge in [0.05, 0.1) is 11.3 Å². The van der Waals surface area contributed by atoms with Crippen molar-refractivity contribution in [3.8, 4) is 5.75 Å². The Labute approximate surface area is 131 Å². The second-order valence-corrected chi connectivity index (χ2v) is 4.60. The minimum absolute atomic E-state index is 0.0837. The summed E-state index contributed by atoms with van der Waals surface area (Å²) in [7, 11) is 0. The second kappa shape index (κ2) is 7.63. The average molecular weight is 311 g/mol. The lowest BCUT2D eigenvalue weighted by atomic mass is 10.1. The Hall–Kier alpha value is -3.31. The van der Waals surface area contributed by atoms with Gasteiger partial charge in [0.15, 0.2) is 0 Å². The lowest BCUT2D eigenvalue weighted by Crippen LogP contribution is -2.10. The predicted molar refractivity (Wildman–Crippen MR) is 82.6 cm³/mol. The molecule has 0 bridgehead atoms. The molecule has 2 rings (SSSR count). The van der Waals surface area contributed by atoms with E-state index in [0.29, 0.717) is 11.1 Å². The first-order valence-electron chi connectivity index (χ1n) is 6.78. The molecule has 0 aliphatic heterocycles. The molecule has 7 heteroatoms. The lowest BCUT2D eigenvalue weighted by Gasteiger charge is -2.12. The maximum atomic E-state index is 12.2. The molecule has 2 aromatic rings. The molecular weight excluding hydrogens is 298 g/mol. The van der Waals surface area contributed by atoms with Gasteiger partial charge in [0, 0.05) is 11.3 Å². The SMILES string of the molecule is [N-]=[N+]=Nc1cccc(CCC(=O)O)c1OC(=O)c1ccccc1. The molecule has 1 N–H and O–H groups in total. The molecular formula is C16H13N3O4. The highest BCUT2D eigenvalue weighted by Crippen LogP contribution is 2.33. The molecule has 0 aliphatic rings. The summed E-state index contributed by atoms with van der Waals surface area (Å²) in [5, 5.41) is 12.3. The van der Waals surface area contributed by atoms with E-state index < -0.39 is 11.9 Å². The third-order valence-electron chi connectivity index (χ3n) is 3.04. The van der Waals surface area contributed by atoms with Gasteiger partial charge in [0.25, 0.3) is 0 Å². The molecule has 0 radical (unpaired) electrons. The van der Waals surface area contributed by atoms with E-state index in [2.05, 4.69) is 10.0 Å². The quantitative estimate of drug-likeness (QED) is 0.287. The normalized spacial score (nSPS) is 9.74. The third-order valence-corrected chi connectivity index (χ3v) is 3.04. The number of para-hydroxylation sites is 1. The van der Waals surface area contributed by atoms with Crippen LogP contribution in [0.4, 0.5) is 5.69 Å². The highest BCUT2D eigenvalue weighted by atomic mass is 16.5. The first kappa shape index (κ1) is 16.1. The number of esters is 1. The molecule has 0 fully saturated rings.